The molecule has 1 aliphatic rings. The maximum atomic E-state index is 12.7. The van der Waals surface area contributed by atoms with Gasteiger partial charge in [0.1, 0.15) is 0 Å². The molecule has 4 heteroatoms. The van der Waals surface area contributed by atoms with Crippen molar-refractivity contribution in [3.8, 4) is 10.4 Å². The fourth-order valence-corrected chi connectivity index (χ4v) is 4.81. The van der Waals surface area contributed by atoms with Gasteiger partial charge in [-0.2, -0.15) is 0 Å². The molecule has 1 aromatic heterocycles. The molecule has 0 fully saturated rings. The lowest BCUT2D eigenvalue weighted by Gasteiger charge is -2.29. The molecule has 0 aliphatic carbocycles. The molecule has 0 radical (unpaired) electrons. The van der Waals surface area contributed by atoms with E-state index >= 15 is 0 Å². The zero-order valence-electron chi connectivity index (χ0n) is 20.3. The van der Waals surface area contributed by atoms with Gasteiger partial charge >= 0.3 is 0 Å². The Morgan fingerprint density at radius 3 is 2.59 bits per heavy atom. The molecule has 3 rings (SSSR count). The third-order valence-electron chi connectivity index (χ3n) is 5.46. The van der Waals surface area contributed by atoms with Gasteiger partial charge in [-0.15, -0.1) is 11.3 Å². The highest BCUT2D eigenvalue weighted by molar-refractivity contribution is 7.15. The summed E-state index contributed by atoms with van der Waals surface area (Å²) in [7, 11) is 0. The van der Waals surface area contributed by atoms with Gasteiger partial charge in [-0.25, -0.2) is 0 Å². The van der Waals surface area contributed by atoms with Crippen LogP contribution < -0.4 is 5.32 Å². The first-order valence-electron chi connectivity index (χ1n) is 11.7. The molecule has 0 unspecified atom stereocenters. The average molecular weight is 451 g/mol. The molecule has 0 saturated carbocycles. The van der Waals surface area contributed by atoms with E-state index in [1.165, 1.54) is 26.5 Å². The van der Waals surface area contributed by atoms with Gasteiger partial charge in [-0.3, -0.25) is 4.79 Å². The van der Waals surface area contributed by atoms with Crippen molar-refractivity contribution in [3.05, 3.63) is 82.8 Å². The Balaban J connectivity index is 0.00000176. The molecule has 1 aliphatic heterocycles. The van der Waals surface area contributed by atoms with Crippen LogP contribution in [-0.2, 0) is 11.3 Å². The van der Waals surface area contributed by atoms with Gasteiger partial charge in [0.2, 0.25) is 5.91 Å². The number of rotatable bonds is 8. The van der Waals surface area contributed by atoms with Crippen molar-refractivity contribution >= 4 is 17.2 Å². The van der Waals surface area contributed by atoms with Crippen molar-refractivity contribution in [3.63, 3.8) is 0 Å². The number of hydrogen-bond acceptors (Lipinski definition) is 3. The normalized spacial score (nSPS) is 14.0. The van der Waals surface area contributed by atoms with Crippen molar-refractivity contribution < 1.29 is 4.79 Å². The highest BCUT2D eigenvalue weighted by Crippen LogP contribution is 2.33. The van der Waals surface area contributed by atoms with Gasteiger partial charge in [0.15, 0.2) is 0 Å². The summed E-state index contributed by atoms with van der Waals surface area (Å²) in [5.74, 6) is 0.684. The first-order chi connectivity index (χ1) is 15.5. The molecule has 32 heavy (non-hydrogen) atoms. The first-order valence-corrected chi connectivity index (χ1v) is 12.5. The van der Waals surface area contributed by atoms with Crippen LogP contribution in [0.4, 0.5) is 0 Å². The van der Waals surface area contributed by atoms with E-state index in [2.05, 4.69) is 68.2 Å². The predicted octanol–water partition coefficient (Wildman–Crippen LogP) is 6.95. The van der Waals surface area contributed by atoms with Crippen molar-refractivity contribution in [1.82, 2.24) is 10.2 Å². The zero-order chi connectivity index (χ0) is 23.5. The predicted molar refractivity (Wildman–Crippen MR) is 140 cm³/mol. The molecular weight excluding hydrogens is 412 g/mol. The van der Waals surface area contributed by atoms with Crippen LogP contribution in [0.5, 0.6) is 0 Å². The van der Waals surface area contributed by atoms with Crippen LogP contribution >= 0.6 is 11.3 Å². The summed E-state index contributed by atoms with van der Waals surface area (Å²) in [4.78, 5) is 17.4. The third kappa shape index (κ3) is 6.78. The van der Waals surface area contributed by atoms with Crippen molar-refractivity contribution in [2.75, 3.05) is 19.6 Å². The molecule has 0 bridgehead atoms. The van der Waals surface area contributed by atoms with Crippen LogP contribution in [0.2, 0.25) is 0 Å². The van der Waals surface area contributed by atoms with Crippen molar-refractivity contribution in [1.29, 1.82) is 0 Å². The lowest BCUT2D eigenvalue weighted by atomic mass is 9.99. The number of carbonyl (C=O) groups excluding carboxylic acids is 1. The minimum absolute atomic E-state index is 0.143. The van der Waals surface area contributed by atoms with E-state index in [0.29, 0.717) is 25.6 Å². The van der Waals surface area contributed by atoms with Crippen LogP contribution in [0, 0.1) is 0 Å². The van der Waals surface area contributed by atoms with Crippen LogP contribution in [0.3, 0.4) is 0 Å². The van der Waals surface area contributed by atoms with E-state index in [-0.39, 0.29) is 5.91 Å². The molecule has 0 saturated heterocycles. The quantitative estimate of drug-likeness (QED) is 0.472. The standard InChI is InChI=1S/C26H32N2OS.C2H6/c1-5-9-21-14-15-28(18-20(21)6-2)26(29)17-27-16-22-10-7-8-11-23(22)25-13-12-24(30-25)19(3)4;1-2/h5-13,19,27H,2,14-18H2,1,3-4H3;1-2H3/b9-5-;. The molecule has 0 spiro atoms. The largest absolute Gasteiger partial charge is 0.337 e. The summed E-state index contributed by atoms with van der Waals surface area (Å²) in [6, 6.07) is 12.9. The second kappa shape index (κ2) is 13.2. The van der Waals surface area contributed by atoms with Gasteiger partial charge in [0, 0.05) is 29.4 Å². The summed E-state index contributed by atoms with van der Waals surface area (Å²) in [6.45, 7) is 16.8. The molecule has 3 nitrogen and oxygen atoms in total. The number of nitrogens with zero attached hydrogens (tertiary/aromatic N) is 1. The average Bonchev–Trinajstić information content (AvgIpc) is 3.31. The number of carbonyl (C=O) groups is 1. The number of thiophene rings is 1. The van der Waals surface area contributed by atoms with E-state index < -0.39 is 0 Å². The van der Waals surface area contributed by atoms with E-state index in [1.54, 1.807) is 0 Å². The minimum atomic E-state index is 0.143. The zero-order valence-corrected chi connectivity index (χ0v) is 21.1. The maximum absolute atomic E-state index is 12.7. The van der Waals surface area contributed by atoms with E-state index in [4.69, 9.17) is 0 Å². The van der Waals surface area contributed by atoms with E-state index in [9.17, 15) is 4.79 Å². The molecular formula is C28H38N2OS. The SMILES string of the molecule is C=CC1=C(/C=C\C)CCN(C(=O)CNCc2ccccc2-c2ccc(C(C)C)s2)C1.CC. The van der Waals surface area contributed by atoms with Crippen LogP contribution in [0.15, 0.2) is 72.4 Å². The highest BCUT2D eigenvalue weighted by Gasteiger charge is 2.20. The number of hydrogen-bond donors (Lipinski definition) is 1. The Hall–Kier alpha value is -2.43. The lowest BCUT2D eigenvalue weighted by molar-refractivity contribution is -0.130. The third-order valence-corrected chi connectivity index (χ3v) is 6.88. The molecule has 2 heterocycles. The summed E-state index contributed by atoms with van der Waals surface area (Å²) < 4.78 is 0. The smallest absolute Gasteiger partial charge is 0.236 e. The summed E-state index contributed by atoms with van der Waals surface area (Å²) in [6.07, 6.45) is 6.94. The highest BCUT2D eigenvalue weighted by atomic mass is 32.1. The number of benzene rings is 1. The minimum Gasteiger partial charge on any atom is -0.337 e. The van der Waals surface area contributed by atoms with Gasteiger partial charge < -0.3 is 10.2 Å². The van der Waals surface area contributed by atoms with Crippen molar-refractivity contribution in [2.45, 2.75) is 53.5 Å². The summed E-state index contributed by atoms with van der Waals surface area (Å²) in [5, 5.41) is 3.37. The van der Waals surface area contributed by atoms with Gasteiger partial charge in [0.05, 0.1) is 6.54 Å². The Kier molecular flexibility index (Phi) is 10.6. The Morgan fingerprint density at radius 1 is 1.19 bits per heavy atom. The Bertz CT molecular complexity index is 952. The number of amides is 1. The Morgan fingerprint density at radius 2 is 1.94 bits per heavy atom. The maximum Gasteiger partial charge on any atom is 0.236 e. The van der Waals surface area contributed by atoms with E-state index in [0.717, 1.165) is 18.5 Å². The first kappa shape index (κ1) is 25.8. The second-order valence-electron chi connectivity index (χ2n) is 7.94. The Labute approximate surface area is 198 Å². The summed E-state index contributed by atoms with van der Waals surface area (Å²) >= 11 is 1.85. The fraction of sp³-hybridized carbons (Fsp3) is 0.393. The lowest BCUT2D eigenvalue weighted by Crippen LogP contribution is -2.41. The molecule has 172 valence electrons. The fourth-order valence-electron chi connectivity index (χ4n) is 3.74. The monoisotopic (exact) mass is 450 g/mol. The number of nitrogens with one attached hydrogen (secondary N) is 1. The molecule has 1 amide bonds. The van der Waals surface area contributed by atoms with Crippen LogP contribution in [-0.4, -0.2) is 30.4 Å². The van der Waals surface area contributed by atoms with Crippen LogP contribution in [0.25, 0.3) is 10.4 Å². The van der Waals surface area contributed by atoms with Gasteiger partial charge in [-0.1, -0.05) is 76.8 Å². The molecule has 1 aromatic carbocycles. The van der Waals surface area contributed by atoms with Gasteiger partial charge in [0.25, 0.3) is 0 Å². The molecule has 1 N–H and O–H groups in total. The second-order valence-corrected chi connectivity index (χ2v) is 9.05. The molecule has 0 atom stereocenters. The van der Waals surface area contributed by atoms with E-state index in [1.807, 2.05) is 49.2 Å². The van der Waals surface area contributed by atoms with Crippen molar-refractivity contribution in [2.24, 2.45) is 0 Å². The topological polar surface area (TPSA) is 32.3 Å². The number of allylic oxidation sites excluding steroid dienone is 2. The van der Waals surface area contributed by atoms with Gasteiger partial charge in [-0.05, 0) is 53.7 Å². The molecule has 2 aromatic rings. The summed E-state index contributed by atoms with van der Waals surface area (Å²) in [5.41, 5.74) is 4.91. The van der Waals surface area contributed by atoms with Crippen LogP contribution in [0.1, 0.15) is 57.4 Å².